The summed E-state index contributed by atoms with van der Waals surface area (Å²) in [5.74, 6) is -0.422. The second-order valence-corrected chi connectivity index (χ2v) is 5.12. The molecule has 2 amide bonds. The summed E-state index contributed by atoms with van der Waals surface area (Å²) in [4.78, 5) is 24.0. The van der Waals surface area contributed by atoms with Gasteiger partial charge in [-0.3, -0.25) is 9.59 Å². The number of aliphatic hydroxyl groups is 1. The van der Waals surface area contributed by atoms with Gasteiger partial charge in [-0.1, -0.05) is 13.0 Å². The van der Waals surface area contributed by atoms with Crippen molar-refractivity contribution in [3.05, 3.63) is 54.0 Å². The smallest absolute Gasteiger partial charge is 0.291 e. The van der Waals surface area contributed by atoms with Crippen molar-refractivity contribution in [3.63, 3.8) is 0 Å². The molecule has 1 unspecified atom stereocenters. The molecule has 0 aliphatic carbocycles. The molecule has 0 saturated carbocycles. The Labute approximate surface area is 134 Å². The lowest BCUT2D eigenvalue weighted by molar-refractivity contribution is 0.0940. The van der Waals surface area contributed by atoms with Crippen LogP contribution in [0, 0.1) is 0 Å². The van der Waals surface area contributed by atoms with Gasteiger partial charge in [0.25, 0.3) is 11.8 Å². The molecule has 0 radical (unpaired) electrons. The van der Waals surface area contributed by atoms with Crippen LogP contribution in [0.25, 0.3) is 0 Å². The van der Waals surface area contributed by atoms with Crippen molar-refractivity contribution >= 4 is 17.5 Å². The van der Waals surface area contributed by atoms with Crippen molar-refractivity contribution in [1.82, 2.24) is 5.32 Å². The van der Waals surface area contributed by atoms with Gasteiger partial charge in [-0.15, -0.1) is 0 Å². The largest absolute Gasteiger partial charge is 0.459 e. The first-order valence-corrected chi connectivity index (χ1v) is 7.51. The Hall–Kier alpha value is -2.60. The maximum absolute atomic E-state index is 12.1. The monoisotopic (exact) mass is 316 g/mol. The molecule has 0 saturated heterocycles. The number of aliphatic hydroxyl groups excluding tert-OH is 1. The molecular weight excluding hydrogens is 296 g/mol. The first-order valence-electron chi connectivity index (χ1n) is 7.51. The molecule has 6 heteroatoms. The molecular formula is C17H20N2O4. The highest BCUT2D eigenvalue weighted by Gasteiger charge is 2.11. The molecule has 23 heavy (non-hydrogen) atoms. The normalized spacial score (nSPS) is 11.7. The lowest BCUT2D eigenvalue weighted by Gasteiger charge is -2.10. The Kier molecular flexibility index (Phi) is 5.94. The summed E-state index contributed by atoms with van der Waals surface area (Å²) >= 11 is 0. The summed E-state index contributed by atoms with van der Waals surface area (Å²) in [5.41, 5.74) is 0.945. The number of hydrogen-bond donors (Lipinski definition) is 3. The summed E-state index contributed by atoms with van der Waals surface area (Å²) in [5, 5.41) is 14.9. The number of rotatable bonds is 7. The molecule has 2 rings (SSSR count). The van der Waals surface area contributed by atoms with Crippen molar-refractivity contribution in [1.29, 1.82) is 0 Å². The minimum Gasteiger partial charge on any atom is -0.459 e. The molecule has 122 valence electrons. The second kappa shape index (κ2) is 8.14. The zero-order chi connectivity index (χ0) is 16.7. The van der Waals surface area contributed by atoms with Crippen LogP contribution >= 0.6 is 0 Å². The first-order chi connectivity index (χ1) is 11.1. The molecule has 0 aliphatic heterocycles. The Balaban J connectivity index is 1.93. The molecule has 1 aromatic carbocycles. The zero-order valence-corrected chi connectivity index (χ0v) is 12.9. The van der Waals surface area contributed by atoms with Crippen molar-refractivity contribution in [2.24, 2.45) is 0 Å². The van der Waals surface area contributed by atoms with Gasteiger partial charge in [-0.2, -0.15) is 0 Å². The van der Waals surface area contributed by atoms with Gasteiger partial charge in [0, 0.05) is 17.8 Å². The molecule has 6 nitrogen and oxygen atoms in total. The Morgan fingerprint density at radius 1 is 1.22 bits per heavy atom. The van der Waals surface area contributed by atoms with E-state index in [4.69, 9.17) is 4.42 Å². The number of furan rings is 1. The van der Waals surface area contributed by atoms with Crippen LogP contribution in [-0.2, 0) is 0 Å². The predicted octanol–water partition coefficient (Wildman–Crippen LogP) is 2.42. The van der Waals surface area contributed by atoms with Gasteiger partial charge in [-0.25, -0.2) is 0 Å². The number of anilines is 1. The molecule has 0 aliphatic rings. The molecule has 3 N–H and O–H groups in total. The predicted molar refractivity (Wildman–Crippen MR) is 86.4 cm³/mol. The lowest BCUT2D eigenvalue weighted by Crippen LogP contribution is -2.27. The Morgan fingerprint density at radius 3 is 2.74 bits per heavy atom. The van der Waals surface area contributed by atoms with E-state index in [2.05, 4.69) is 10.6 Å². The van der Waals surface area contributed by atoms with Gasteiger partial charge < -0.3 is 20.2 Å². The quantitative estimate of drug-likeness (QED) is 0.731. The van der Waals surface area contributed by atoms with E-state index in [0.717, 1.165) is 0 Å². The Bertz CT molecular complexity index is 652. The first kappa shape index (κ1) is 16.8. The Morgan fingerprint density at radius 2 is 2.04 bits per heavy atom. The third-order valence-corrected chi connectivity index (χ3v) is 3.36. The highest BCUT2D eigenvalue weighted by atomic mass is 16.3. The highest BCUT2D eigenvalue weighted by molar-refractivity contribution is 6.03. The van der Waals surface area contributed by atoms with Crippen LogP contribution in [0.1, 0.15) is 40.7 Å². The fourth-order valence-corrected chi connectivity index (χ4v) is 2.00. The molecule has 0 spiro atoms. The average Bonchev–Trinajstić information content (AvgIpc) is 3.09. The van der Waals surface area contributed by atoms with E-state index >= 15 is 0 Å². The fourth-order valence-electron chi connectivity index (χ4n) is 2.00. The third kappa shape index (κ3) is 4.96. The van der Waals surface area contributed by atoms with Gasteiger partial charge in [0.05, 0.1) is 12.4 Å². The number of nitrogens with one attached hydrogen (secondary N) is 2. The van der Waals surface area contributed by atoms with Gasteiger partial charge in [0.15, 0.2) is 5.76 Å². The number of hydrogen-bond acceptors (Lipinski definition) is 4. The van der Waals surface area contributed by atoms with Crippen LogP contribution in [-0.4, -0.2) is 29.6 Å². The summed E-state index contributed by atoms with van der Waals surface area (Å²) in [6, 6.07) is 9.82. The number of amides is 2. The van der Waals surface area contributed by atoms with E-state index in [1.54, 1.807) is 36.4 Å². The fraction of sp³-hybridized carbons (Fsp3) is 0.294. The maximum Gasteiger partial charge on any atom is 0.291 e. The number of benzene rings is 1. The summed E-state index contributed by atoms with van der Waals surface area (Å²) in [6.45, 7) is 2.29. The van der Waals surface area contributed by atoms with Crippen LogP contribution in [0.2, 0.25) is 0 Å². The maximum atomic E-state index is 12.1. The van der Waals surface area contributed by atoms with Crippen molar-refractivity contribution < 1.29 is 19.1 Å². The van der Waals surface area contributed by atoms with Gasteiger partial charge in [0.2, 0.25) is 0 Å². The minimum atomic E-state index is -0.408. The average molecular weight is 316 g/mol. The molecule has 1 aromatic heterocycles. The third-order valence-electron chi connectivity index (χ3n) is 3.36. The minimum absolute atomic E-state index is 0.202. The molecule has 0 fully saturated rings. The number of carbonyl (C=O) groups excluding carboxylic acids is 2. The van der Waals surface area contributed by atoms with Crippen LogP contribution in [0.5, 0.6) is 0 Å². The highest BCUT2D eigenvalue weighted by Crippen LogP contribution is 2.13. The lowest BCUT2D eigenvalue weighted by atomic mass is 10.1. The van der Waals surface area contributed by atoms with Gasteiger partial charge >= 0.3 is 0 Å². The van der Waals surface area contributed by atoms with Crippen LogP contribution < -0.4 is 10.6 Å². The van der Waals surface area contributed by atoms with Gasteiger partial charge in [-0.05, 0) is 43.2 Å². The molecule has 1 heterocycles. The number of carbonyl (C=O) groups is 2. The topological polar surface area (TPSA) is 91.6 Å². The molecule has 2 aromatic rings. The van der Waals surface area contributed by atoms with E-state index in [-0.39, 0.29) is 17.6 Å². The summed E-state index contributed by atoms with van der Waals surface area (Å²) < 4.78 is 5.02. The van der Waals surface area contributed by atoms with Gasteiger partial charge in [0.1, 0.15) is 0 Å². The zero-order valence-electron chi connectivity index (χ0n) is 12.9. The van der Waals surface area contributed by atoms with Crippen molar-refractivity contribution in [3.8, 4) is 0 Å². The summed E-state index contributed by atoms with van der Waals surface area (Å²) in [7, 11) is 0. The van der Waals surface area contributed by atoms with E-state index in [1.165, 1.54) is 6.26 Å². The van der Waals surface area contributed by atoms with E-state index in [1.807, 2.05) is 6.92 Å². The van der Waals surface area contributed by atoms with Crippen LogP contribution in [0.3, 0.4) is 0 Å². The van der Waals surface area contributed by atoms with Crippen LogP contribution in [0.15, 0.2) is 47.1 Å². The SMILES string of the molecule is CCC(O)CCNC(=O)c1cccc(NC(=O)c2ccco2)c1. The molecule has 0 bridgehead atoms. The standard InChI is InChI=1S/C17H20N2O4/c1-2-14(20)8-9-18-16(21)12-5-3-6-13(11-12)19-17(22)15-7-4-10-23-15/h3-7,10-11,14,20H,2,8-9H2,1H3,(H,18,21)(H,19,22). The second-order valence-electron chi connectivity index (χ2n) is 5.12. The van der Waals surface area contributed by atoms with Crippen molar-refractivity contribution in [2.45, 2.75) is 25.9 Å². The molecule has 1 atom stereocenters. The van der Waals surface area contributed by atoms with E-state index in [9.17, 15) is 14.7 Å². The van der Waals surface area contributed by atoms with E-state index in [0.29, 0.717) is 30.6 Å². The van der Waals surface area contributed by atoms with Crippen LogP contribution in [0.4, 0.5) is 5.69 Å². The summed E-state index contributed by atoms with van der Waals surface area (Å²) in [6.07, 6.45) is 2.18. The van der Waals surface area contributed by atoms with Crippen molar-refractivity contribution in [2.75, 3.05) is 11.9 Å². The van der Waals surface area contributed by atoms with E-state index < -0.39 is 6.10 Å².